The molecule has 0 N–H and O–H groups in total. The fourth-order valence-electron chi connectivity index (χ4n) is 5.77. The van der Waals surface area contributed by atoms with Gasteiger partial charge in [-0.2, -0.15) is 0 Å². The van der Waals surface area contributed by atoms with E-state index in [0.29, 0.717) is 0 Å². The number of benzene rings is 3. The highest BCUT2D eigenvalue weighted by molar-refractivity contribution is 5.79. The first kappa shape index (κ1) is 37.8. The highest BCUT2D eigenvalue weighted by Crippen LogP contribution is 2.32. The van der Waals surface area contributed by atoms with Crippen LogP contribution in [0.2, 0.25) is 0 Å². The SMILES string of the molecule is CCCCCCCCCCCCCCCCOc1cc(/C=C/c2ccc(N(C)C)cc2)c(OC)cc1/C=C/c1ccc(N(C)C)cc1. The summed E-state index contributed by atoms with van der Waals surface area (Å²) in [4.78, 5) is 4.23. The van der Waals surface area contributed by atoms with Gasteiger partial charge in [-0.1, -0.05) is 139 Å². The average molecular weight is 639 g/mol. The summed E-state index contributed by atoms with van der Waals surface area (Å²) in [5.74, 6) is 1.72. The molecule has 0 spiro atoms. The number of anilines is 2. The maximum atomic E-state index is 6.46. The zero-order valence-electron chi connectivity index (χ0n) is 30.4. The van der Waals surface area contributed by atoms with Crippen molar-refractivity contribution in [3.8, 4) is 11.5 Å². The van der Waals surface area contributed by atoms with Crippen LogP contribution in [-0.2, 0) is 0 Å². The van der Waals surface area contributed by atoms with Crippen LogP contribution < -0.4 is 19.3 Å². The van der Waals surface area contributed by atoms with Crippen molar-refractivity contribution >= 4 is 35.7 Å². The summed E-state index contributed by atoms with van der Waals surface area (Å²) in [5.41, 5.74) is 6.70. The van der Waals surface area contributed by atoms with Crippen molar-refractivity contribution in [2.45, 2.75) is 96.8 Å². The smallest absolute Gasteiger partial charge is 0.127 e. The van der Waals surface area contributed by atoms with Crippen molar-refractivity contribution in [1.29, 1.82) is 0 Å². The van der Waals surface area contributed by atoms with Crippen molar-refractivity contribution in [2.24, 2.45) is 0 Å². The van der Waals surface area contributed by atoms with Gasteiger partial charge in [-0.05, 0) is 53.9 Å². The van der Waals surface area contributed by atoms with Gasteiger partial charge in [0.2, 0.25) is 0 Å². The van der Waals surface area contributed by atoms with E-state index in [9.17, 15) is 0 Å². The maximum Gasteiger partial charge on any atom is 0.127 e. The van der Waals surface area contributed by atoms with Gasteiger partial charge in [0.1, 0.15) is 11.5 Å². The van der Waals surface area contributed by atoms with E-state index in [1.165, 1.54) is 94.8 Å². The van der Waals surface area contributed by atoms with E-state index >= 15 is 0 Å². The number of hydrogen-bond acceptors (Lipinski definition) is 4. The van der Waals surface area contributed by atoms with E-state index < -0.39 is 0 Å². The molecule has 0 heterocycles. The molecule has 0 saturated carbocycles. The first-order valence-corrected chi connectivity index (χ1v) is 18.2. The molecule has 0 aliphatic heterocycles. The number of methoxy groups -OCH3 is 1. The molecule has 0 radical (unpaired) electrons. The average Bonchev–Trinajstić information content (AvgIpc) is 3.08. The van der Waals surface area contributed by atoms with Gasteiger partial charge in [0.15, 0.2) is 0 Å². The monoisotopic (exact) mass is 638 g/mol. The second-order valence-electron chi connectivity index (χ2n) is 13.2. The molecular weight excluding hydrogens is 576 g/mol. The summed E-state index contributed by atoms with van der Waals surface area (Å²) in [5, 5.41) is 0. The summed E-state index contributed by atoms with van der Waals surface area (Å²) in [6.07, 6.45) is 27.5. The Kier molecular flexibility index (Phi) is 17.7. The minimum atomic E-state index is 0.720. The molecule has 0 aliphatic rings. The lowest BCUT2D eigenvalue weighted by molar-refractivity contribution is 0.303. The zero-order valence-corrected chi connectivity index (χ0v) is 30.4. The Morgan fingerprint density at radius 1 is 0.489 bits per heavy atom. The van der Waals surface area contributed by atoms with Gasteiger partial charge in [0.25, 0.3) is 0 Å². The first-order chi connectivity index (χ1) is 22.9. The summed E-state index contributed by atoms with van der Waals surface area (Å²) in [7, 11) is 9.98. The van der Waals surface area contributed by atoms with E-state index in [1.54, 1.807) is 7.11 Å². The second kappa shape index (κ2) is 22.0. The fourth-order valence-corrected chi connectivity index (χ4v) is 5.77. The number of nitrogens with zero attached hydrogens (tertiary/aromatic N) is 2. The van der Waals surface area contributed by atoms with Crippen LogP contribution in [0.15, 0.2) is 60.7 Å². The Balaban J connectivity index is 1.58. The van der Waals surface area contributed by atoms with Crippen LogP contribution in [0.4, 0.5) is 11.4 Å². The quantitative estimate of drug-likeness (QED) is 0.0762. The van der Waals surface area contributed by atoms with Crippen molar-refractivity contribution in [3.63, 3.8) is 0 Å². The standard InChI is InChI=1S/C43H62N2O2/c1-7-8-9-10-11-12-13-14-15-16-17-18-19-20-33-47-43-35-38(27-21-36-23-29-40(30-24-36)44(2)3)42(46-6)34-39(43)28-22-37-25-31-41(32-26-37)45(4)5/h21-32,34-35H,7-20,33H2,1-6H3/b27-21+,28-22+. The first-order valence-electron chi connectivity index (χ1n) is 18.2. The van der Waals surface area contributed by atoms with Gasteiger partial charge in [-0.25, -0.2) is 0 Å². The van der Waals surface area contributed by atoms with Crippen molar-refractivity contribution < 1.29 is 9.47 Å². The molecule has 0 unspecified atom stereocenters. The Hall–Kier alpha value is -3.66. The molecule has 47 heavy (non-hydrogen) atoms. The van der Waals surface area contributed by atoms with Crippen LogP contribution in [0.25, 0.3) is 24.3 Å². The fraction of sp³-hybridized carbons (Fsp3) is 0.488. The third-order valence-electron chi connectivity index (χ3n) is 8.85. The second-order valence-corrected chi connectivity index (χ2v) is 13.2. The Labute approximate surface area is 287 Å². The van der Waals surface area contributed by atoms with Gasteiger partial charge in [-0.15, -0.1) is 0 Å². The van der Waals surface area contributed by atoms with Crippen LogP contribution in [0.1, 0.15) is 119 Å². The molecule has 0 fully saturated rings. The molecule has 0 amide bonds. The Morgan fingerprint density at radius 2 is 0.872 bits per heavy atom. The number of rotatable bonds is 23. The lowest BCUT2D eigenvalue weighted by Crippen LogP contribution is -2.07. The molecular formula is C43H62N2O2. The predicted molar refractivity (Wildman–Crippen MR) is 208 cm³/mol. The van der Waals surface area contributed by atoms with Crippen molar-refractivity contribution in [3.05, 3.63) is 82.9 Å². The van der Waals surface area contributed by atoms with E-state index in [1.807, 2.05) is 0 Å². The number of ether oxygens (including phenoxy) is 2. The topological polar surface area (TPSA) is 24.9 Å². The van der Waals surface area contributed by atoms with E-state index in [-0.39, 0.29) is 0 Å². The number of unbranched alkanes of at least 4 members (excludes halogenated alkanes) is 13. The van der Waals surface area contributed by atoms with E-state index in [0.717, 1.165) is 46.8 Å². The van der Waals surface area contributed by atoms with Gasteiger partial charge < -0.3 is 19.3 Å². The van der Waals surface area contributed by atoms with Gasteiger partial charge in [0.05, 0.1) is 13.7 Å². The summed E-state index contributed by atoms with van der Waals surface area (Å²) < 4.78 is 12.3. The normalized spacial score (nSPS) is 11.4. The molecule has 0 aromatic heterocycles. The summed E-state index contributed by atoms with van der Waals surface area (Å²) >= 11 is 0. The molecule has 4 heteroatoms. The molecule has 256 valence electrons. The van der Waals surface area contributed by atoms with Crippen LogP contribution >= 0.6 is 0 Å². The van der Waals surface area contributed by atoms with E-state index in [4.69, 9.17) is 9.47 Å². The number of hydrogen-bond donors (Lipinski definition) is 0. The van der Waals surface area contributed by atoms with Crippen LogP contribution in [0, 0.1) is 0 Å². The third kappa shape index (κ3) is 14.3. The maximum absolute atomic E-state index is 6.46. The van der Waals surface area contributed by atoms with Crippen LogP contribution in [0.5, 0.6) is 11.5 Å². The molecule has 0 saturated heterocycles. The van der Waals surface area contributed by atoms with Crippen molar-refractivity contribution in [1.82, 2.24) is 0 Å². The molecule has 3 rings (SSSR count). The Morgan fingerprint density at radius 3 is 1.28 bits per heavy atom. The molecule has 0 atom stereocenters. The minimum absolute atomic E-state index is 0.720. The zero-order chi connectivity index (χ0) is 33.7. The molecule has 0 bridgehead atoms. The Bertz CT molecular complexity index is 1320. The summed E-state index contributed by atoms with van der Waals surface area (Å²) in [6.45, 7) is 3.01. The van der Waals surface area contributed by atoms with Gasteiger partial charge >= 0.3 is 0 Å². The third-order valence-corrected chi connectivity index (χ3v) is 8.85. The molecule has 0 aliphatic carbocycles. The molecule has 4 nitrogen and oxygen atoms in total. The van der Waals surface area contributed by atoms with Gasteiger partial charge in [0, 0.05) is 50.7 Å². The predicted octanol–water partition coefficient (Wildman–Crippen LogP) is 12.0. The highest BCUT2D eigenvalue weighted by atomic mass is 16.5. The largest absolute Gasteiger partial charge is 0.496 e. The van der Waals surface area contributed by atoms with E-state index in [2.05, 4.69) is 130 Å². The molecule has 3 aromatic carbocycles. The molecule has 3 aromatic rings. The van der Waals surface area contributed by atoms with Gasteiger partial charge in [-0.3, -0.25) is 0 Å². The lowest BCUT2D eigenvalue weighted by atomic mass is 10.0. The van der Waals surface area contributed by atoms with Crippen molar-refractivity contribution in [2.75, 3.05) is 51.7 Å². The van der Waals surface area contributed by atoms with Crippen LogP contribution in [0.3, 0.4) is 0 Å². The summed E-state index contributed by atoms with van der Waals surface area (Å²) in [6, 6.07) is 21.4. The van der Waals surface area contributed by atoms with Crippen LogP contribution in [-0.4, -0.2) is 41.9 Å². The lowest BCUT2D eigenvalue weighted by Gasteiger charge is -2.14. The highest BCUT2D eigenvalue weighted by Gasteiger charge is 2.10. The minimum Gasteiger partial charge on any atom is -0.496 e.